The minimum absolute atomic E-state index is 0.131. The molecular formula is C25H28N2O6. The van der Waals surface area contributed by atoms with Crippen LogP contribution in [0.4, 0.5) is 11.4 Å². The molecule has 1 heterocycles. The topological polar surface area (TPSA) is 94.2 Å². The highest BCUT2D eigenvalue weighted by Crippen LogP contribution is 2.45. The highest BCUT2D eigenvalue weighted by molar-refractivity contribution is 6.15. The second-order valence-electron chi connectivity index (χ2n) is 8.23. The van der Waals surface area contributed by atoms with E-state index in [0.29, 0.717) is 43.0 Å². The predicted molar refractivity (Wildman–Crippen MR) is 122 cm³/mol. The number of hydrogen-bond donors (Lipinski definition) is 1. The first kappa shape index (κ1) is 22.6. The lowest BCUT2D eigenvalue weighted by atomic mass is 9.90. The molecule has 8 nitrogen and oxygen atoms in total. The molecule has 8 heteroatoms. The zero-order valence-electron chi connectivity index (χ0n) is 18.7. The first-order chi connectivity index (χ1) is 16.0. The Balaban J connectivity index is 1.30. The molecule has 0 atom stereocenters. The molecule has 0 radical (unpaired) electrons. The molecule has 1 spiro atoms. The second kappa shape index (κ2) is 9.94. The van der Waals surface area contributed by atoms with Crippen LogP contribution in [-0.2, 0) is 19.1 Å². The molecule has 0 bridgehead atoms. The first-order valence-electron chi connectivity index (χ1n) is 11.2. The molecule has 0 saturated heterocycles. The molecule has 0 unspecified atom stereocenters. The van der Waals surface area contributed by atoms with Gasteiger partial charge in [0.1, 0.15) is 17.0 Å². The molecule has 2 amide bonds. The minimum atomic E-state index is -0.913. The van der Waals surface area contributed by atoms with E-state index in [4.69, 9.17) is 14.2 Å². The second-order valence-corrected chi connectivity index (χ2v) is 8.23. The summed E-state index contributed by atoms with van der Waals surface area (Å²) >= 11 is 0. The van der Waals surface area contributed by atoms with Crippen molar-refractivity contribution in [2.75, 3.05) is 30.5 Å². The van der Waals surface area contributed by atoms with Gasteiger partial charge in [0.05, 0.1) is 25.1 Å². The van der Waals surface area contributed by atoms with E-state index in [0.717, 1.165) is 18.6 Å². The molecule has 1 N–H and O–H groups in total. The summed E-state index contributed by atoms with van der Waals surface area (Å²) in [6.45, 7) is -0.0559. The van der Waals surface area contributed by atoms with Crippen LogP contribution in [0, 0.1) is 0 Å². The normalized spacial score (nSPS) is 16.2. The number of esters is 1. The molecule has 1 aliphatic heterocycles. The number of benzene rings is 2. The Morgan fingerprint density at radius 1 is 1.03 bits per heavy atom. The van der Waals surface area contributed by atoms with Gasteiger partial charge in [-0.3, -0.25) is 19.3 Å². The number of nitrogens with zero attached hydrogens (tertiary/aromatic N) is 1. The number of ether oxygens (including phenoxy) is 3. The number of para-hydroxylation sites is 2. The Kier molecular flexibility index (Phi) is 6.82. The highest BCUT2D eigenvalue weighted by atomic mass is 16.5. The lowest BCUT2D eigenvalue weighted by Crippen LogP contribution is -2.61. The molecule has 1 fully saturated rings. The van der Waals surface area contributed by atoms with Gasteiger partial charge >= 0.3 is 5.97 Å². The van der Waals surface area contributed by atoms with E-state index < -0.39 is 18.1 Å². The van der Waals surface area contributed by atoms with Crippen molar-refractivity contribution in [1.82, 2.24) is 0 Å². The number of carbonyl (C=O) groups is 3. The monoisotopic (exact) mass is 452 g/mol. The van der Waals surface area contributed by atoms with Crippen LogP contribution in [0.3, 0.4) is 0 Å². The van der Waals surface area contributed by atoms with Crippen LogP contribution < -0.4 is 19.7 Å². The summed E-state index contributed by atoms with van der Waals surface area (Å²) in [4.78, 5) is 39.9. The number of nitrogens with one attached hydrogen (secondary N) is 1. The average Bonchev–Trinajstić information content (AvgIpc) is 3.32. The van der Waals surface area contributed by atoms with Crippen molar-refractivity contribution in [3.63, 3.8) is 0 Å². The summed E-state index contributed by atoms with van der Waals surface area (Å²) < 4.78 is 16.0. The van der Waals surface area contributed by atoms with Gasteiger partial charge in [-0.1, -0.05) is 25.0 Å². The summed E-state index contributed by atoms with van der Waals surface area (Å²) in [6.07, 6.45) is 3.51. The maximum absolute atomic E-state index is 13.2. The number of anilines is 2. The van der Waals surface area contributed by atoms with E-state index in [1.165, 1.54) is 0 Å². The average molecular weight is 453 g/mol. The fourth-order valence-corrected chi connectivity index (χ4v) is 4.49. The van der Waals surface area contributed by atoms with Crippen molar-refractivity contribution in [3.05, 3.63) is 48.5 Å². The van der Waals surface area contributed by atoms with Crippen LogP contribution in [0.15, 0.2) is 48.5 Å². The predicted octanol–water partition coefficient (Wildman–Crippen LogP) is 3.70. The number of amides is 2. The van der Waals surface area contributed by atoms with Crippen molar-refractivity contribution in [1.29, 1.82) is 0 Å². The molecule has 2 aromatic carbocycles. The van der Waals surface area contributed by atoms with Gasteiger partial charge in [0.15, 0.2) is 6.61 Å². The molecule has 1 saturated carbocycles. The third kappa shape index (κ3) is 4.79. The number of methoxy groups -OCH3 is 1. The number of hydrogen-bond acceptors (Lipinski definition) is 6. The van der Waals surface area contributed by atoms with Crippen molar-refractivity contribution in [3.8, 4) is 11.5 Å². The number of rotatable bonds is 8. The van der Waals surface area contributed by atoms with E-state index >= 15 is 0 Å². The van der Waals surface area contributed by atoms with Crippen LogP contribution in [0.1, 0.15) is 38.5 Å². The van der Waals surface area contributed by atoms with E-state index in [2.05, 4.69) is 5.32 Å². The van der Waals surface area contributed by atoms with Crippen LogP contribution in [0.25, 0.3) is 0 Å². The Labute approximate surface area is 192 Å². The number of fused-ring (bicyclic) bond motifs is 1. The van der Waals surface area contributed by atoms with Crippen molar-refractivity contribution in [2.45, 2.75) is 44.1 Å². The lowest BCUT2D eigenvalue weighted by Gasteiger charge is -2.44. The van der Waals surface area contributed by atoms with Gasteiger partial charge in [0, 0.05) is 6.42 Å². The zero-order valence-corrected chi connectivity index (χ0v) is 18.7. The third-order valence-electron chi connectivity index (χ3n) is 6.13. The maximum Gasteiger partial charge on any atom is 0.306 e. The van der Waals surface area contributed by atoms with Gasteiger partial charge in [-0.2, -0.15) is 0 Å². The van der Waals surface area contributed by atoms with Crippen molar-refractivity contribution < 1.29 is 28.6 Å². The summed E-state index contributed by atoms with van der Waals surface area (Å²) in [5.74, 6) is 0.389. The van der Waals surface area contributed by atoms with Crippen LogP contribution in [0.2, 0.25) is 0 Å². The van der Waals surface area contributed by atoms with Gasteiger partial charge in [0.2, 0.25) is 0 Å². The molecule has 0 aromatic heterocycles. The Morgan fingerprint density at radius 3 is 2.45 bits per heavy atom. The Bertz CT molecular complexity index is 1010. The van der Waals surface area contributed by atoms with Crippen LogP contribution >= 0.6 is 0 Å². The molecule has 174 valence electrons. The Hall–Kier alpha value is -3.55. The largest absolute Gasteiger partial charge is 0.497 e. The summed E-state index contributed by atoms with van der Waals surface area (Å²) in [5.41, 5.74) is 0.327. The molecule has 2 aliphatic rings. The van der Waals surface area contributed by atoms with Gasteiger partial charge in [0.25, 0.3) is 11.8 Å². The van der Waals surface area contributed by atoms with E-state index in [1.807, 2.05) is 18.2 Å². The van der Waals surface area contributed by atoms with Gasteiger partial charge < -0.3 is 19.5 Å². The van der Waals surface area contributed by atoms with Crippen LogP contribution in [-0.4, -0.2) is 43.6 Å². The Morgan fingerprint density at radius 2 is 1.73 bits per heavy atom. The summed E-state index contributed by atoms with van der Waals surface area (Å²) in [6, 6.07) is 14.4. The SMILES string of the molecule is COc1ccc(OCCCC(=O)OCC(=O)N2c3ccccc3NC(=O)C23CCCC3)cc1. The van der Waals surface area contributed by atoms with Crippen molar-refractivity contribution in [2.24, 2.45) is 0 Å². The van der Waals surface area contributed by atoms with Crippen LogP contribution in [0.5, 0.6) is 11.5 Å². The smallest absolute Gasteiger partial charge is 0.306 e. The minimum Gasteiger partial charge on any atom is -0.497 e. The standard InChI is InChI=1S/C25H28N2O6/c1-31-18-10-12-19(13-11-18)32-16-6-9-23(29)33-17-22(28)27-21-8-3-2-7-20(21)26-24(30)25(27)14-4-5-15-25/h2-3,7-8,10-13H,4-6,9,14-17H2,1H3,(H,26,30). The molecule has 1 aliphatic carbocycles. The highest BCUT2D eigenvalue weighted by Gasteiger charge is 2.52. The van der Waals surface area contributed by atoms with E-state index in [-0.39, 0.29) is 18.2 Å². The fraction of sp³-hybridized carbons (Fsp3) is 0.400. The lowest BCUT2D eigenvalue weighted by molar-refractivity contribution is -0.148. The molecular weight excluding hydrogens is 424 g/mol. The van der Waals surface area contributed by atoms with Gasteiger partial charge in [-0.05, 0) is 55.7 Å². The zero-order chi connectivity index (χ0) is 23.3. The van der Waals surface area contributed by atoms with Gasteiger partial charge in [-0.25, -0.2) is 0 Å². The fourth-order valence-electron chi connectivity index (χ4n) is 4.49. The van der Waals surface area contributed by atoms with E-state index in [9.17, 15) is 14.4 Å². The maximum atomic E-state index is 13.2. The molecule has 33 heavy (non-hydrogen) atoms. The first-order valence-corrected chi connectivity index (χ1v) is 11.2. The van der Waals surface area contributed by atoms with Gasteiger partial charge in [-0.15, -0.1) is 0 Å². The summed E-state index contributed by atoms with van der Waals surface area (Å²) in [7, 11) is 1.60. The molecule has 4 rings (SSSR count). The quantitative estimate of drug-likeness (QED) is 0.485. The van der Waals surface area contributed by atoms with E-state index in [1.54, 1.807) is 42.3 Å². The van der Waals surface area contributed by atoms with Crippen molar-refractivity contribution >= 4 is 29.2 Å². The summed E-state index contributed by atoms with van der Waals surface area (Å²) in [5, 5.41) is 2.94. The number of carbonyl (C=O) groups excluding carboxylic acids is 3. The molecule has 2 aromatic rings. The third-order valence-corrected chi connectivity index (χ3v) is 6.13.